The van der Waals surface area contributed by atoms with Crippen LogP contribution in [0.3, 0.4) is 0 Å². The molecule has 1 aromatic heterocycles. The van der Waals surface area contributed by atoms with Crippen molar-refractivity contribution in [3.63, 3.8) is 0 Å². The number of rotatable bonds is 6. The minimum absolute atomic E-state index is 0.372. The molecule has 2 rings (SSSR count). The number of aromatic nitrogens is 2. The number of aliphatic hydroxyl groups is 1. The van der Waals surface area contributed by atoms with E-state index < -0.39 is 5.60 Å². The second-order valence-corrected chi connectivity index (χ2v) is 5.09. The van der Waals surface area contributed by atoms with Crippen molar-refractivity contribution in [2.75, 3.05) is 31.3 Å². The fourth-order valence-corrected chi connectivity index (χ4v) is 1.90. The van der Waals surface area contributed by atoms with E-state index in [4.69, 9.17) is 10.5 Å². The summed E-state index contributed by atoms with van der Waals surface area (Å²) in [4.78, 5) is 8.40. The summed E-state index contributed by atoms with van der Waals surface area (Å²) in [5.41, 5.74) is 6.39. The molecule has 0 bridgehead atoms. The van der Waals surface area contributed by atoms with Crippen LogP contribution < -0.4 is 11.1 Å². The molecular weight excluding hydrogens is 256 g/mol. The number of nitrogen functional groups attached to an aromatic ring is 1. The van der Waals surface area contributed by atoms with Gasteiger partial charge in [-0.1, -0.05) is 0 Å². The Labute approximate surface area is 118 Å². The van der Waals surface area contributed by atoms with E-state index in [2.05, 4.69) is 15.3 Å². The van der Waals surface area contributed by atoms with Crippen LogP contribution in [0.25, 0.3) is 10.9 Å². The Bertz CT molecular complexity index is 586. The van der Waals surface area contributed by atoms with Gasteiger partial charge in [-0.25, -0.2) is 9.97 Å². The van der Waals surface area contributed by atoms with E-state index in [0.29, 0.717) is 31.1 Å². The number of nitrogens with one attached hydrogen (secondary N) is 1. The molecule has 4 N–H and O–H groups in total. The molecule has 1 atom stereocenters. The summed E-state index contributed by atoms with van der Waals surface area (Å²) < 4.78 is 4.99. The van der Waals surface area contributed by atoms with Gasteiger partial charge in [0.1, 0.15) is 12.1 Å². The second kappa shape index (κ2) is 6.02. The van der Waals surface area contributed by atoms with Gasteiger partial charge in [0.25, 0.3) is 0 Å². The molecule has 0 amide bonds. The van der Waals surface area contributed by atoms with E-state index in [9.17, 15) is 5.11 Å². The van der Waals surface area contributed by atoms with E-state index in [-0.39, 0.29) is 0 Å². The van der Waals surface area contributed by atoms with Crippen LogP contribution in [0.4, 0.5) is 11.5 Å². The van der Waals surface area contributed by atoms with Crippen LogP contribution >= 0.6 is 0 Å². The summed E-state index contributed by atoms with van der Waals surface area (Å²) >= 11 is 0. The van der Waals surface area contributed by atoms with Crippen molar-refractivity contribution in [1.29, 1.82) is 0 Å². The summed E-state index contributed by atoms with van der Waals surface area (Å²) in [5.74, 6) is 0.667. The van der Waals surface area contributed by atoms with Crippen LogP contribution in [0.5, 0.6) is 0 Å². The molecule has 1 unspecified atom stereocenters. The highest BCUT2D eigenvalue weighted by Gasteiger charge is 2.20. The fraction of sp³-hybridized carbons (Fsp3) is 0.429. The van der Waals surface area contributed by atoms with Crippen molar-refractivity contribution in [2.45, 2.75) is 18.9 Å². The van der Waals surface area contributed by atoms with E-state index in [1.54, 1.807) is 20.1 Å². The molecule has 0 saturated carbocycles. The fourth-order valence-electron chi connectivity index (χ4n) is 1.90. The largest absolute Gasteiger partial charge is 0.399 e. The van der Waals surface area contributed by atoms with Crippen molar-refractivity contribution >= 4 is 22.4 Å². The third-order valence-electron chi connectivity index (χ3n) is 3.14. The summed E-state index contributed by atoms with van der Waals surface area (Å²) in [6, 6.07) is 5.47. The number of fused-ring (bicyclic) bond motifs is 1. The highest BCUT2D eigenvalue weighted by Crippen LogP contribution is 2.22. The maximum absolute atomic E-state index is 10.2. The summed E-state index contributed by atoms with van der Waals surface area (Å²) in [7, 11) is 1.62. The molecule has 0 aliphatic carbocycles. The van der Waals surface area contributed by atoms with Gasteiger partial charge in [0.05, 0.1) is 11.1 Å². The van der Waals surface area contributed by atoms with E-state index in [1.165, 1.54) is 6.33 Å². The first-order chi connectivity index (χ1) is 9.52. The maximum Gasteiger partial charge on any atom is 0.137 e. The normalized spacial score (nSPS) is 14.2. The van der Waals surface area contributed by atoms with Crippen molar-refractivity contribution < 1.29 is 9.84 Å². The van der Waals surface area contributed by atoms with Gasteiger partial charge in [-0.2, -0.15) is 0 Å². The number of hydrogen-bond acceptors (Lipinski definition) is 6. The van der Waals surface area contributed by atoms with E-state index in [0.717, 1.165) is 10.9 Å². The summed E-state index contributed by atoms with van der Waals surface area (Å²) in [6.45, 7) is 2.64. The Hall–Kier alpha value is -1.92. The molecule has 1 heterocycles. The maximum atomic E-state index is 10.2. The third-order valence-corrected chi connectivity index (χ3v) is 3.14. The van der Waals surface area contributed by atoms with Crippen molar-refractivity contribution in [3.05, 3.63) is 24.5 Å². The quantitative estimate of drug-likeness (QED) is 0.691. The molecule has 0 spiro atoms. The van der Waals surface area contributed by atoms with Crippen molar-refractivity contribution in [2.24, 2.45) is 0 Å². The molecule has 0 aliphatic rings. The minimum atomic E-state index is -0.867. The van der Waals surface area contributed by atoms with Gasteiger partial charge < -0.3 is 20.9 Å². The molecule has 20 heavy (non-hydrogen) atoms. The standard InChI is InChI=1S/C14H20N4O2/c1-14(19,5-6-20-2)8-16-13-11-7-10(15)3-4-12(11)17-9-18-13/h3-4,7,9,19H,5-6,8,15H2,1-2H3,(H,16,17,18). The molecule has 1 aromatic carbocycles. The van der Waals surface area contributed by atoms with Crippen LogP contribution in [0.1, 0.15) is 13.3 Å². The molecule has 6 nitrogen and oxygen atoms in total. The molecular formula is C14H20N4O2. The lowest BCUT2D eigenvalue weighted by molar-refractivity contribution is 0.0357. The molecule has 2 aromatic rings. The van der Waals surface area contributed by atoms with Gasteiger partial charge in [-0.05, 0) is 25.1 Å². The van der Waals surface area contributed by atoms with Crippen LogP contribution in [-0.4, -0.2) is 40.9 Å². The Kier molecular flexibility index (Phi) is 4.36. The number of benzene rings is 1. The van der Waals surface area contributed by atoms with Gasteiger partial charge >= 0.3 is 0 Å². The monoisotopic (exact) mass is 276 g/mol. The van der Waals surface area contributed by atoms with E-state index in [1.807, 2.05) is 12.1 Å². The predicted molar refractivity (Wildman–Crippen MR) is 79.6 cm³/mol. The number of hydrogen-bond donors (Lipinski definition) is 3. The van der Waals surface area contributed by atoms with Gasteiger partial charge in [0.15, 0.2) is 0 Å². The first-order valence-electron chi connectivity index (χ1n) is 6.47. The number of ether oxygens (including phenoxy) is 1. The molecule has 108 valence electrons. The topological polar surface area (TPSA) is 93.3 Å². The van der Waals surface area contributed by atoms with E-state index >= 15 is 0 Å². The highest BCUT2D eigenvalue weighted by molar-refractivity contribution is 5.91. The number of nitrogens with zero attached hydrogens (tertiary/aromatic N) is 2. The van der Waals surface area contributed by atoms with Gasteiger partial charge in [-0.3, -0.25) is 0 Å². The van der Waals surface area contributed by atoms with Crippen LogP contribution in [0, 0.1) is 0 Å². The van der Waals surface area contributed by atoms with Gasteiger partial charge in [-0.15, -0.1) is 0 Å². The van der Waals surface area contributed by atoms with Gasteiger partial charge in [0.2, 0.25) is 0 Å². The van der Waals surface area contributed by atoms with Crippen LogP contribution in [0.2, 0.25) is 0 Å². The summed E-state index contributed by atoms with van der Waals surface area (Å²) in [5, 5.41) is 14.2. The number of nitrogens with two attached hydrogens (primary N) is 1. The average molecular weight is 276 g/mol. The van der Waals surface area contributed by atoms with Crippen molar-refractivity contribution in [3.8, 4) is 0 Å². The Morgan fingerprint density at radius 2 is 2.20 bits per heavy atom. The van der Waals surface area contributed by atoms with Crippen LogP contribution in [-0.2, 0) is 4.74 Å². The highest BCUT2D eigenvalue weighted by atomic mass is 16.5. The molecule has 0 saturated heterocycles. The number of methoxy groups -OCH3 is 1. The minimum Gasteiger partial charge on any atom is -0.399 e. The zero-order valence-corrected chi connectivity index (χ0v) is 11.8. The smallest absolute Gasteiger partial charge is 0.137 e. The van der Waals surface area contributed by atoms with Crippen molar-refractivity contribution in [1.82, 2.24) is 9.97 Å². The second-order valence-electron chi connectivity index (χ2n) is 5.09. The first-order valence-corrected chi connectivity index (χ1v) is 6.47. The summed E-state index contributed by atoms with van der Waals surface area (Å²) in [6.07, 6.45) is 2.03. The lowest BCUT2D eigenvalue weighted by Gasteiger charge is -2.23. The Morgan fingerprint density at radius 3 is 2.95 bits per heavy atom. The lowest BCUT2D eigenvalue weighted by atomic mass is 10.0. The predicted octanol–water partition coefficient (Wildman–Crippen LogP) is 1.41. The SMILES string of the molecule is COCCC(C)(O)CNc1ncnc2ccc(N)cc12. The number of anilines is 2. The Balaban J connectivity index is 2.15. The average Bonchev–Trinajstić information content (AvgIpc) is 2.43. The zero-order valence-electron chi connectivity index (χ0n) is 11.8. The molecule has 0 radical (unpaired) electrons. The zero-order chi connectivity index (χ0) is 14.6. The molecule has 0 fully saturated rings. The first kappa shape index (κ1) is 14.5. The molecule has 0 aliphatic heterocycles. The third kappa shape index (κ3) is 3.55. The van der Waals surface area contributed by atoms with Crippen LogP contribution in [0.15, 0.2) is 24.5 Å². The lowest BCUT2D eigenvalue weighted by Crippen LogP contribution is -2.34. The molecule has 6 heteroatoms. The van der Waals surface area contributed by atoms with Gasteiger partial charge in [0, 0.05) is 37.8 Å². The Morgan fingerprint density at radius 1 is 1.40 bits per heavy atom.